The van der Waals surface area contributed by atoms with Crippen LogP contribution in [0.25, 0.3) is 0 Å². The van der Waals surface area contributed by atoms with Crippen molar-refractivity contribution in [2.75, 3.05) is 34.2 Å². The number of alkyl carbamates (subject to hydrolysis) is 1. The maximum atomic E-state index is 13.7. The molecule has 1 aromatic carbocycles. The number of amides is 2. The number of hydroxylamine groups is 2. The second-order valence-corrected chi connectivity index (χ2v) is 12.0. The number of carbonyl (C=O) groups is 2. The highest BCUT2D eigenvalue weighted by Gasteiger charge is 2.29. The van der Waals surface area contributed by atoms with E-state index < -0.39 is 17.7 Å². The Morgan fingerprint density at radius 1 is 0.921 bits per heavy atom. The number of ether oxygens (including phenoxy) is 1. The molecule has 0 saturated heterocycles. The predicted octanol–water partition coefficient (Wildman–Crippen LogP) is 3.47. The van der Waals surface area contributed by atoms with Crippen molar-refractivity contribution in [1.29, 1.82) is 0 Å². The molecule has 38 heavy (non-hydrogen) atoms. The van der Waals surface area contributed by atoms with Crippen molar-refractivity contribution in [1.82, 2.24) is 10.4 Å². The van der Waals surface area contributed by atoms with Gasteiger partial charge in [0.2, 0.25) is 0 Å². The molecule has 1 N–H and O–H groups in total. The molecule has 0 aliphatic carbocycles. The second-order valence-electron chi connectivity index (χ2n) is 12.0. The summed E-state index contributed by atoms with van der Waals surface area (Å²) in [4.78, 5) is 32.3. The van der Waals surface area contributed by atoms with Crippen LogP contribution in [0.4, 0.5) is 4.79 Å². The standard InChI is InChI=1S/C30H53N3O4.HI/c1-8-9-10-11-12-13-14-18-22-27(31-29(35)37-30(2,3)4)28(34)32(23-19-24-33(5,6)7)36-25-26-20-16-15-17-21-26;/h15-17,20-21,27H,8-14,18-19,22-25H2,1-7H3;1H. The number of unbranched alkanes of at least 4 members (excludes halogenated alkanes) is 7. The summed E-state index contributed by atoms with van der Waals surface area (Å²) in [5, 5.41) is 4.30. The summed E-state index contributed by atoms with van der Waals surface area (Å²) in [5.41, 5.74) is 0.358. The smallest absolute Gasteiger partial charge is 0.408 e. The van der Waals surface area contributed by atoms with Crippen LogP contribution in [0.1, 0.15) is 97.5 Å². The van der Waals surface area contributed by atoms with Gasteiger partial charge in [0.25, 0.3) is 5.91 Å². The largest absolute Gasteiger partial charge is 1.00 e. The molecule has 0 spiro atoms. The lowest BCUT2D eigenvalue weighted by Gasteiger charge is -2.30. The lowest BCUT2D eigenvalue weighted by molar-refractivity contribution is -0.870. The van der Waals surface area contributed by atoms with Crippen molar-refractivity contribution >= 4 is 12.0 Å². The minimum atomic E-state index is -0.685. The Morgan fingerprint density at radius 3 is 2.05 bits per heavy atom. The van der Waals surface area contributed by atoms with Crippen LogP contribution in [0, 0.1) is 0 Å². The van der Waals surface area contributed by atoms with E-state index in [4.69, 9.17) is 9.57 Å². The third-order valence-electron chi connectivity index (χ3n) is 6.00. The molecule has 0 aromatic heterocycles. The average molecular weight is 648 g/mol. The minimum Gasteiger partial charge on any atom is -1.00 e. The van der Waals surface area contributed by atoms with Gasteiger partial charge in [0.1, 0.15) is 18.2 Å². The summed E-state index contributed by atoms with van der Waals surface area (Å²) in [6, 6.07) is 9.14. The number of rotatable bonds is 18. The van der Waals surface area contributed by atoms with E-state index in [2.05, 4.69) is 33.4 Å². The molecule has 2 amide bonds. The molecule has 0 saturated carbocycles. The van der Waals surface area contributed by atoms with E-state index in [1.54, 1.807) is 0 Å². The van der Waals surface area contributed by atoms with Gasteiger partial charge in [0.15, 0.2) is 0 Å². The molecule has 0 fully saturated rings. The van der Waals surface area contributed by atoms with E-state index in [0.29, 0.717) is 19.6 Å². The van der Waals surface area contributed by atoms with Crippen LogP contribution < -0.4 is 29.3 Å². The zero-order valence-electron chi connectivity index (χ0n) is 25.1. The Balaban J connectivity index is 0.0000137. The lowest BCUT2D eigenvalue weighted by Crippen LogP contribution is -3.00. The van der Waals surface area contributed by atoms with Crippen LogP contribution >= 0.6 is 0 Å². The first-order valence-electron chi connectivity index (χ1n) is 14.2. The average Bonchev–Trinajstić information content (AvgIpc) is 2.80. The van der Waals surface area contributed by atoms with Crippen molar-refractivity contribution in [3.05, 3.63) is 35.9 Å². The molecule has 0 bridgehead atoms. The maximum Gasteiger partial charge on any atom is 0.408 e. The molecular formula is C30H54IN3O4. The summed E-state index contributed by atoms with van der Waals surface area (Å²) < 4.78 is 6.28. The number of carbonyl (C=O) groups excluding carboxylic acids is 2. The zero-order valence-corrected chi connectivity index (χ0v) is 27.2. The van der Waals surface area contributed by atoms with Gasteiger partial charge in [-0.1, -0.05) is 88.6 Å². The molecule has 220 valence electrons. The topological polar surface area (TPSA) is 67.9 Å². The van der Waals surface area contributed by atoms with Gasteiger partial charge in [-0.15, -0.1) is 0 Å². The molecule has 7 nitrogen and oxygen atoms in total. The Labute approximate surface area is 249 Å². The maximum absolute atomic E-state index is 13.7. The Kier molecular flexibility index (Phi) is 18.9. The van der Waals surface area contributed by atoms with Crippen molar-refractivity contribution in [3.63, 3.8) is 0 Å². The first kappa shape index (κ1) is 36.6. The van der Waals surface area contributed by atoms with Gasteiger partial charge in [-0.25, -0.2) is 9.86 Å². The van der Waals surface area contributed by atoms with Crippen molar-refractivity contribution < 1.29 is 47.6 Å². The third-order valence-corrected chi connectivity index (χ3v) is 6.00. The number of quaternary nitrogens is 1. The van der Waals surface area contributed by atoms with E-state index in [1.807, 2.05) is 51.1 Å². The van der Waals surface area contributed by atoms with Crippen molar-refractivity contribution in [2.24, 2.45) is 0 Å². The van der Waals surface area contributed by atoms with Gasteiger partial charge in [-0.05, 0) is 32.8 Å². The summed E-state index contributed by atoms with van der Waals surface area (Å²) in [6.07, 6.45) is 10.2. The number of hydrogen-bond acceptors (Lipinski definition) is 4. The quantitative estimate of drug-likeness (QED) is 0.115. The number of benzene rings is 1. The van der Waals surface area contributed by atoms with Gasteiger partial charge in [0, 0.05) is 6.42 Å². The van der Waals surface area contributed by atoms with Crippen LogP contribution in [0.15, 0.2) is 30.3 Å². The highest BCUT2D eigenvalue weighted by Crippen LogP contribution is 2.15. The fourth-order valence-corrected chi connectivity index (χ4v) is 4.02. The Morgan fingerprint density at radius 2 is 1.50 bits per heavy atom. The summed E-state index contributed by atoms with van der Waals surface area (Å²) >= 11 is 0. The van der Waals surface area contributed by atoms with E-state index in [0.717, 1.165) is 42.3 Å². The number of nitrogens with one attached hydrogen (secondary N) is 1. The van der Waals surface area contributed by atoms with E-state index in [-0.39, 0.29) is 29.9 Å². The predicted molar refractivity (Wildman–Crippen MR) is 151 cm³/mol. The fourth-order valence-electron chi connectivity index (χ4n) is 4.02. The highest BCUT2D eigenvalue weighted by molar-refractivity contribution is 5.85. The molecular weight excluding hydrogens is 593 g/mol. The third kappa shape index (κ3) is 18.8. The van der Waals surface area contributed by atoms with Crippen LogP contribution in [0.5, 0.6) is 0 Å². The number of hydrogen-bond donors (Lipinski definition) is 1. The molecule has 0 radical (unpaired) electrons. The normalized spacial score (nSPS) is 12.4. The van der Waals surface area contributed by atoms with Gasteiger partial charge in [-0.3, -0.25) is 9.63 Å². The van der Waals surface area contributed by atoms with E-state index in [1.165, 1.54) is 37.2 Å². The first-order chi connectivity index (χ1) is 17.4. The molecule has 1 aromatic rings. The van der Waals surface area contributed by atoms with Gasteiger partial charge in [0.05, 0.1) is 34.2 Å². The Hall–Kier alpha value is -1.39. The summed E-state index contributed by atoms with van der Waals surface area (Å²) in [5.74, 6) is -0.217. The van der Waals surface area contributed by atoms with E-state index in [9.17, 15) is 9.59 Å². The molecule has 0 heterocycles. The van der Waals surface area contributed by atoms with Gasteiger partial charge in [-0.2, -0.15) is 0 Å². The zero-order chi connectivity index (χ0) is 27.7. The van der Waals surface area contributed by atoms with Crippen LogP contribution in [0.2, 0.25) is 0 Å². The van der Waals surface area contributed by atoms with Gasteiger partial charge >= 0.3 is 6.09 Å². The number of nitrogens with zero attached hydrogens (tertiary/aromatic N) is 2. The summed E-state index contributed by atoms with van der Waals surface area (Å²) in [6.45, 7) is 9.36. The second kappa shape index (κ2) is 19.6. The monoisotopic (exact) mass is 647 g/mol. The van der Waals surface area contributed by atoms with Crippen LogP contribution in [0.3, 0.4) is 0 Å². The van der Waals surface area contributed by atoms with Crippen molar-refractivity contribution in [3.8, 4) is 0 Å². The first-order valence-corrected chi connectivity index (χ1v) is 14.2. The molecule has 1 unspecified atom stereocenters. The molecule has 0 aliphatic rings. The molecule has 8 heteroatoms. The minimum absolute atomic E-state index is 0. The molecule has 1 atom stereocenters. The molecule has 1 rings (SSSR count). The molecule has 0 aliphatic heterocycles. The lowest BCUT2D eigenvalue weighted by atomic mass is 10.0. The fraction of sp³-hybridized carbons (Fsp3) is 0.733. The van der Waals surface area contributed by atoms with Crippen molar-refractivity contribution in [2.45, 2.75) is 110 Å². The number of halogens is 1. The Bertz CT molecular complexity index is 763. The van der Waals surface area contributed by atoms with Crippen LogP contribution in [-0.4, -0.2) is 67.4 Å². The van der Waals surface area contributed by atoms with E-state index >= 15 is 0 Å². The van der Waals surface area contributed by atoms with Gasteiger partial charge < -0.3 is 38.5 Å². The highest BCUT2D eigenvalue weighted by atomic mass is 127. The summed E-state index contributed by atoms with van der Waals surface area (Å²) in [7, 11) is 6.39. The SMILES string of the molecule is CCCCCCCCCCC(NC(=O)OC(C)(C)C)C(=O)N(CCC[N+](C)(C)C)OCc1ccccc1.[I-]. The van der Waals surface area contributed by atoms with Crippen LogP contribution in [-0.2, 0) is 21.0 Å².